The number of carbonyl (C=O) groups is 3. The number of thiophene rings is 1. The molecule has 7 nitrogen and oxygen atoms in total. The summed E-state index contributed by atoms with van der Waals surface area (Å²) in [5.74, 6) is -2.14. The Morgan fingerprint density at radius 3 is 2.60 bits per heavy atom. The lowest BCUT2D eigenvalue weighted by atomic mass is 10.2. The van der Waals surface area contributed by atoms with Gasteiger partial charge in [-0.1, -0.05) is 6.07 Å². The van der Waals surface area contributed by atoms with Gasteiger partial charge in [-0.05, 0) is 18.4 Å². The molecule has 0 saturated heterocycles. The van der Waals surface area contributed by atoms with E-state index in [-0.39, 0.29) is 18.9 Å². The zero-order valence-corrected chi connectivity index (χ0v) is 11.6. The minimum Gasteiger partial charge on any atom is -0.480 e. The van der Waals surface area contributed by atoms with Crippen molar-refractivity contribution < 1.29 is 24.6 Å². The minimum atomic E-state index is -1.35. The second-order valence-corrected chi connectivity index (χ2v) is 5.05. The molecule has 0 saturated carbocycles. The molecule has 0 aliphatic carbocycles. The smallest absolute Gasteiger partial charge is 0.328 e. The Morgan fingerprint density at radius 1 is 1.40 bits per heavy atom. The number of hydrogen-bond donors (Lipinski definition) is 4. The highest BCUT2D eigenvalue weighted by Gasteiger charge is 2.24. The van der Waals surface area contributed by atoms with Crippen molar-refractivity contribution in [2.45, 2.75) is 25.5 Å². The Morgan fingerprint density at radius 2 is 2.10 bits per heavy atom. The summed E-state index contributed by atoms with van der Waals surface area (Å²) < 4.78 is 0. The predicted octanol–water partition coefficient (Wildman–Crippen LogP) is -0.182. The van der Waals surface area contributed by atoms with Crippen LogP contribution in [0.2, 0.25) is 0 Å². The molecule has 110 valence electrons. The summed E-state index contributed by atoms with van der Waals surface area (Å²) >= 11 is 1.28. The van der Waals surface area contributed by atoms with Crippen LogP contribution < -0.4 is 10.6 Å². The van der Waals surface area contributed by atoms with Crippen molar-refractivity contribution in [1.82, 2.24) is 10.6 Å². The Kier molecular flexibility index (Phi) is 6.13. The van der Waals surface area contributed by atoms with Crippen LogP contribution >= 0.6 is 11.3 Å². The van der Waals surface area contributed by atoms with E-state index in [2.05, 4.69) is 10.6 Å². The molecule has 2 atom stereocenters. The summed E-state index contributed by atoms with van der Waals surface area (Å²) in [6, 6.07) is 2.05. The summed E-state index contributed by atoms with van der Waals surface area (Å²) in [6.07, 6.45) is -1.26. The van der Waals surface area contributed by atoms with Crippen LogP contribution in [0.1, 0.15) is 23.0 Å². The van der Waals surface area contributed by atoms with Crippen molar-refractivity contribution in [3.63, 3.8) is 0 Å². The molecule has 2 amide bonds. The molecular weight excluding hydrogens is 284 g/mol. The van der Waals surface area contributed by atoms with Crippen molar-refractivity contribution in [3.8, 4) is 0 Å². The molecule has 0 aliphatic heterocycles. The van der Waals surface area contributed by atoms with E-state index in [0.29, 0.717) is 4.88 Å². The second kappa shape index (κ2) is 7.61. The zero-order chi connectivity index (χ0) is 15.1. The van der Waals surface area contributed by atoms with Crippen LogP contribution in [0, 0.1) is 0 Å². The van der Waals surface area contributed by atoms with Crippen molar-refractivity contribution in [2.75, 3.05) is 6.54 Å². The fraction of sp³-hybridized carbons (Fsp3) is 0.417. The van der Waals surface area contributed by atoms with E-state index in [1.54, 1.807) is 17.5 Å². The van der Waals surface area contributed by atoms with Crippen LogP contribution in [0.3, 0.4) is 0 Å². The van der Waals surface area contributed by atoms with Gasteiger partial charge in [0.1, 0.15) is 0 Å². The molecule has 0 radical (unpaired) electrons. The summed E-state index contributed by atoms with van der Waals surface area (Å²) in [5, 5.41) is 24.5. The van der Waals surface area contributed by atoms with Gasteiger partial charge in [0.25, 0.3) is 5.91 Å². The number of aliphatic carboxylic acids is 1. The number of aliphatic hydroxyl groups excluding tert-OH is 1. The topological polar surface area (TPSA) is 116 Å². The van der Waals surface area contributed by atoms with E-state index in [1.165, 1.54) is 18.3 Å². The van der Waals surface area contributed by atoms with Gasteiger partial charge in [0.15, 0.2) is 6.04 Å². The number of aliphatic hydroxyl groups is 1. The van der Waals surface area contributed by atoms with Gasteiger partial charge in [-0.3, -0.25) is 9.59 Å². The molecule has 8 heteroatoms. The van der Waals surface area contributed by atoms with Gasteiger partial charge in [-0.15, -0.1) is 11.3 Å². The highest BCUT2D eigenvalue weighted by atomic mass is 32.1. The van der Waals surface area contributed by atoms with Crippen LogP contribution in [0.15, 0.2) is 17.5 Å². The lowest BCUT2D eigenvalue weighted by Crippen LogP contribution is -2.48. The highest BCUT2D eigenvalue weighted by Crippen LogP contribution is 2.07. The standard InChI is InChI=1S/C12H16N2O5S/c1-7(15)10(12(18)19)14-9(16)4-5-13-11(17)8-3-2-6-20-8/h2-3,6-7,10,15H,4-5H2,1H3,(H,13,17)(H,14,16)(H,18,19)/t7-,10+/m1/s1. The largest absolute Gasteiger partial charge is 0.480 e. The maximum Gasteiger partial charge on any atom is 0.328 e. The molecule has 4 N–H and O–H groups in total. The third kappa shape index (κ3) is 4.98. The third-order valence-electron chi connectivity index (χ3n) is 2.45. The molecule has 0 aromatic carbocycles. The first kappa shape index (κ1) is 16.1. The number of carbonyl (C=O) groups excluding carboxylic acids is 2. The van der Waals surface area contributed by atoms with Crippen LogP contribution in [0.5, 0.6) is 0 Å². The molecule has 1 aromatic rings. The number of hydrogen-bond acceptors (Lipinski definition) is 5. The van der Waals surface area contributed by atoms with Crippen LogP contribution in [-0.4, -0.2) is 46.7 Å². The summed E-state index contributed by atoms with van der Waals surface area (Å²) in [7, 11) is 0. The molecular formula is C12H16N2O5S. The monoisotopic (exact) mass is 300 g/mol. The lowest BCUT2D eigenvalue weighted by molar-refractivity contribution is -0.144. The average molecular weight is 300 g/mol. The number of amides is 2. The van der Waals surface area contributed by atoms with Gasteiger partial charge in [-0.25, -0.2) is 4.79 Å². The molecule has 0 unspecified atom stereocenters. The normalized spacial score (nSPS) is 13.3. The molecule has 0 spiro atoms. The van der Waals surface area contributed by atoms with Crippen LogP contribution in [-0.2, 0) is 9.59 Å². The molecule has 1 aromatic heterocycles. The second-order valence-electron chi connectivity index (χ2n) is 4.11. The van der Waals surface area contributed by atoms with Crippen molar-refractivity contribution in [1.29, 1.82) is 0 Å². The van der Waals surface area contributed by atoms with E-state index in [0.717, 1.165) is 0 Å². The zero-order valence-electron chi connectivity index (χ0n) is 10.8. The molecule has 0 fully saturated rings. The summed E-state index contributed by atoms with van der Waals surface area (Å²) in [5.41, 5.74) is 0. The maximum absolute atomic E-state index is 11.6. The number of carboxylic acids is 1. The molecule has 0 aliphatic rings. The van der Waals surface area contributed by atoms with Gasteiger partial charge in [-0.2, -0.15) is 0 Å². The van der Waals surface area contributed by atoms with Gasteiger partial charge in [0, 0.05) is 13.0 Å². The molecule has 0 bridgehead atoms. The number of rotatable bonds is 7. The lowest BCUT2D eigenvalue weighted by Gasteiger charge is -2.16. The molecule has 1 heterocycles. The van der Waals surface area contributed by atoms with E-state index < -0.39 is 24.0 Å². The highest BCUT2D eigenvalue weighted by molar-refractivity contribution is 7.12. The SMILES string of the molecule is C[C@@H](O)[C@H](NC(=O)CCNC(=O)c1cccs1)C(=O)O. The molecule has 1 rings (SSSR count). The Hall–Kier alpha value is -1.93. The van der Waals surface area contributed by atoms with Crippen molar-refractivity contribution in [3.05, 3.63) is 22.4 Å². The average Bonchev–Trinajstić information content (AvgIpc) is 2.88. The quantitative estimate of drug-likeness (QED) is 0.557. The third-order valence-corrected chi connectivity index (χ3v) is 3.32. The molecule has 20 heavy (non-hydrogen) atoms. The fourth-order valence-corrected chi connectivity index (χ4v) is 2.06. The van der Waals surface area contributed by atoms with Crippen molar-refractivity contribution >= 4 is 29.1 Å². The van der Waals surface area contributed by atoms with E-state index in [9.17, 15) is 19.5 Å². The number of nitrogens with one attached hydrogen (secondary N) is 2. The summed E-state index contributed by atoms with van der Waals surface area (Å²) in [4.78, 5) is 34.4. The Balaban J connectivity index is 2.33. The Bertz CT molecular complexity index is 472. The van der Waals surface area contributed by atoms with E-state index in [4.69, 9.17) is 5.11 Å². The van der Waals surface area contributed by atoms with E-state index in [1.807, 2.05) is 0 Å². The minimum absolute atomic E-state index is 0.0619. The number of carboxylic acid groups (broad SMARTS) is 1. The fourth-order valence-electron chi connectivity index (χ4n) is 1.42. The van der Waals surface area contributed by atoms with Gasteiger partial charge in [0.2, 0.25) is 5.91 Å². The van der Waals surface area contributed by atoms with E-state index >= 15 is 0 Å². The maximum atomic E-state index is 11.6. The van der Waals surface area contributed by atoms with Gasteiger partial charge in [0.05, 0.1) is 11.0 Å². The van der Waals surface area contributed by atoms with Crippen LogP contribution in [0.25, 0.3) is 0 Å². The first-order valence-electron chi connectivity index (χ1n) is 5.93. The first-order valence-corrected chi connectivity index (χ1v) is 6.81. The first-order chi connectivity index (χ1) is 9.41. The Labute approximate surface area is 119 Å². The van der Waals surface area contributed by atoms with Crippen molar-refractivity contribution in [2.24, 2.45) is 0 Å². The summed E-state index contributed by atoms with van der Waals surface area (Å²) in [6.45, 7) is 1.37. The predicted molar refractivity (Wildman–Crippen MR) is 72.5 cm³/mol. The van der Waals surface area contributed by atoms with Crippen LogP contribution in [0.4, 0.5) is 0 Å². The van der Waals surface area contributed by atoms with Gasteiger partial charge < -0.3 is 20.8 Å². The van der Waals surface area contributed by atoms with Gasteiger partial charge >= 0.3 is 5.97 Å².